The molecule has 0 aliphatic carbocycles. The summed E-state index contributed by atoms with van der Waals surface area (Å²) < 4.78 is 5.53. The second-order valence-corrected chi connectivity index (χ2v) is 6.18. The normalized spacial score (nSPS) is 16.7. The van der Waals surface area contributed by atoms with Crippen LogP contribution in [0.4, 0.5) is 0 Å². The minimum absolute atomic E-state index is 0.248. The number of nitrogens with one attached hydrogen (secondary N) is 2. The molecular weight excluding hydrogens is 294 g/mol. The highest BCUT2D eigenvalue weighted by Crippen LogP contribution is 2.26. The predicted octanol–water partition coefficient (Wildman–Crippen LogP) is 0.599. The van der Waals surface area contributed by atoms with Gasteiger partial charge in [0.2, 0.25) is 0 Å². The van der Waals surface area contributed by atoms with Gasteiger partial charge in [0, 0.05) is 37.3 Å². The molecule has 1 aromatic carbocycles. The van der Waals surface area contributed by atoms with Crippen LogP contribution in [-0.4, -0.2) is 34.6 Å². The van der Waals surface area contributed by atoms with Crippen molar-refractivity contribution in [3.05, 3.63) is 61.4 Å². The van der Waals surface area contributed by atoms with Crippen LogP contribution in [0, 0.1) is 0 Å². The maximum Gasteiger partial charge on any atom is 0.325 e. The van der Waals surface area contributed by atoms with Gasteiger partial charge >= 0.3 is 5.69 Å². The SMILES string of the molecule is O=c1[nH]c2c(c(=O)[nH]1)CCN(CCc1ccc3c(c1)CCO3)C2. The number of aromatic amines is 2. The molecule has 6 heteroatoms. The molecule has 6 nitrogen and oxygen atoms in total. The quantitative estimate of drug-likeness (QED) is 0.870. The van der Waals surface area contributed by atoms with E-state index in [-0.39, 0.29) is 5.56 Å². The van der Waals surface area contributed by atoms with Crippen LogP contribution in [-0.2, 0) is 25.8 Å². The predicted molar refractivity (Wildman–Crippen MR) is 86.0 cm³/mol. The molecule has 2 aliphatic rings. The summed E-state index contributed by atoms with van der Waals surface area (Å²) in [5, 5.41) is 0. The van der Waals surface area contributed by atoms with Crippen molar-refractivity contribution in [3.8, 4) is 5.75 Å². The van der Waals surface area contributed by atoms with Crippen LogP contribution in [0.2, 0.25) is 0 Å². The molecule has 0 unspecified atom stereocenters. The third kappa shape index (κ3) is 2.82. The van der Waals surface area contributed by atoms with Gasteiger partial charge in [-0.25, -0.2) is 4.79 Å². The number of fused-ring (bicyclic) bond motifs is 2. The molecule has 4 rings (SSSR count). The lowest BCUT2D eigenvalue weighted by Gasteiger charge is -2.27. The fourth-order valence-corrected chi connectivity index (χ4v) is 3.40. The Bertz CT molecular complexity index is 853. The van der Waals surface area contributed by atoms with E-state index in [4.69, 9.17) is 4.74 Å². The van der Waals surface area contributed by atoms with Gasteiger partial charge in [0.1, 0.15) is 5.75 Å². The second-order valence-electron chi connectivity index (χ2n) is 6.18. The summed E-state index contributed by atoms with van der Waals surface area (Å²) >= 11 is 0. The maximum absolute atomic E-state index is 11.8. The average Bonchev–Trinajstić information content (AvgIpc) is 3.00. The first-order valence-corrected chi connectivity index (χ1v) is 8.00. The van der Waals surface area contributed by atoms with Gasteiger partial charge < -0.3 is 9.72 Å². The Labute approximate surface area is 133 Å². The molecule has 0 saturated heterocycles. The molecule has 0 saturated carbocycles. The van der Waals surface area contributed by atoms with Gasteiger partial charge in [-0.2, -0.15) is 0 Å². The van der Waals surface area contributed by atoms with Crippen molar-refractivity contribution in [1.29, 1.82) is 0 Å². The van der Waals surface area contributed by atoms with E-state index in [1.165, 1.54) is 11.1 Å². The number of hydrogen-bond acceptors (Lipinski definition) is 4. The average molecular weight is 313 g/mol. The number of benzene rings is 1. The van der Waals surface area contributed by atoms with E-state index < -0.39 is 5.69 Å². The van der Waals surface area contributed by atoms with Crippen LogP contribution in [0.3, 0.4) is 0 Å². The summed E-state index contributed by atoms with van der Waals surface area (Å²) in [6.07, 6.45) is 2.62. The Balaban J connectivity index is 1.44. The first-order valence-electron chi connectivity index (χ1n) is 8.00. The van der Waals surface area contributed by atoms with Gasteiger partial charge in [0.15, 0.2) is 0 Å². The van der Waals surface area contributed by atoms with Crippen LogP contribution in [0.15, 0.2) is 27.8 Å². The van der Waals surface area contributed by atoms with Gasteiger partial charge in [-0.05, 0) is 30.0 Å². The maximum atomic E-state index is 11.8. The molecule has 0 spiro atoms. The van der Waals surface area contributed by atoms with Crippen molar-refractivity contribution < 1.29 is 4.74 Å². The van der Waals surface area contributed by atoms with Gasteiger partial charge in [0.05, 0.1) is 6.61 Å². The lowest BCUT2D eigenvalue weighted by Crippen LogP contribution is -2.39. The van der Waals surface area contributed by atoms with E-state index in [0.717, 1.165) is 49.5 Å². The summed E-state index contributed by atoms with van der Waals surface area (Å²) in [4.78, 5) is 30.5. The Morgan fingerprint density at radius 1 is 1.17 bits per heavy atom. The number of ether oxygens (including phenoxy) is 1. The van der Waals surface area contributed by atoms with E-state index >= 15 is 0 Å². The highest BCUT2D eigenvalue weighted by molar-refractivity contribution is 5.39. The number of rotatable bonds is 3. The van der Waals surface area contributed by atoms with E-state index in [1.807, 2.05) is 0 Å². The first kappa shape index (κ1) is 14.3. The third-order valence-electron chi connectivity index (χ3n) is 4.66. The van der Waals surface area contributed by atoms with Crippen LogP contribution < -0.4 is 16.0 Å². The zero-order valence-electron chi connectivity index (χ0n) is 12.9. The lowest BCUT2D eigenvalue weighted by molar-refractivity contribution is 0.251. The van der Waals surface area contributed by atoms with Gasteiger partial charge in [0.25, 0.3) is 5.56 Å². The smallest absolute Gasteiger partial charge is 0.325 e. The van der Waals surface area contributed by atoms with E-state index in [0.29, 0.717) is 13.0 Å². The molecule has 1 aromatic heterocycles. The number of aromatic nitrogens is 2. The van der Waals surface area contributed by atoms with Crippen LogP contribution in [0.1, 0.15) is 22.4 Å². The Morgan fingerprint density at radius 3 is 3.00 bits per heavy atom. The fourth-order valence-electron chi connectivity index (χ4n) is 3.40. The summed E-state index contributed by atoms with van der Waals surface area (Å²) in [5.74, 6) is 1.01. The van der Waals surface area contributed by atoms with E-state index in [9.17, 15) is 9.59 Å². The molecule has 2 aliphatic heterocycles. The monoisotopic (exact) mass is 313 g/mol. The summed E-state index contributed by atoms with van der Waals surface area (Å²) in [5.41, 5.74) is 3.40. The molecule has 0 bridgehead atoms. The van der Waals surface area contributed by atoms with Crippen molar-refractivity contribution in [2.24, 2.45) is 0 Å². The van der Waals surface area contributed by atoms with Crippen molar-refractivity contribution in [2.45, 2.75) is 25.8 Å². The molecule has 0 atom stereocenters. The lowest BCUT2D eigenvalue weighted by atomic mass is 10.0. The molecular formula is C17H19N3O3. The summed E-state index contributed by atoms with van der Waals surface area (Å²) in [7, 11) is 0. The van der Waals surface area contributed by atoms with Gasteiger partial charge in [-0.3, -0.25) is 14.7 Å². The molecule has 2 aromatic rings. The van der Waals surface area contributed by atoms with Gasteiger partial charge in [-0.15, -0.1) is 0 Å². The summed E-state index contributed by atoms with van der Waals surface area (Å²) in [6, 6.07) is 6.40. The van der Waals surface area contributed by atoms with Crippen LogP contribution in [0.25, 0.3) is 0 Å². The number of H-pyrrole nitrogens is 2. The van der Waals surface area contributed by atoms with Crippen LogP contribution >= 0.6 is 0 Å². The zero-order chi connectivity index (χ0) is 15.8. The topological polar surface area (TPSA) is 78.2 Å². The van der Waals surface area contributed by atoms with E-state index in [1.54, 1.807) is 0 Å². The largest absolute Gasteiger partial charge is 0.493 e. The fraction of sp³-hybridized carbons (Fsp3) is 0.412. The second kappa shape index (κ2) is 5.70. The van der Waals surface area contributed by atoms with Crippen molar-refractivity contribution in [3.63, 3.8) is 0 Å². The molecule has 0 fully saturated rings. The van der Waals surface area contributed by atoms with Crippen molar-refractivity contribution >= 4 is 0 Å². The molecule has 23 heavy (non-hydrogen) atoms. The first-order chi connectivity index (χ1) is 11.2. The van der Waals surface area contributed by atoms with Crippen LogP contribution in [0.5, 0.6) is 5.75 Å². The van der Waals surface area contributed by atoms with Crippen molar-refractivity contribution in [1.82, 2.24) is 14.9 Å². The minimum Gasteiger partial charge on any atom is -0.493 e. The molecule has 120 valence electrons. The number of nitrogens with zero attached hydrogens (tertiary/aromatic N) is 1. The highest BCUT2D eigenvalue weighted by atomic mass is 16.5. The summed E-state index contributed by atoms with van der Waals surface area (Å²) in [6.45, 7) is 3.16. The molecule has 0 radical (unpaired) electrons. The third-order valence-corrected chi connectivity index (χ3v) is 4.66. The van der Waals surface area contributed by atoms with E-state index in [2.05, 4.69) is 33.1 Å². The highest BCUT2D eigenvalue weighted by Gasteiger charge is 2.20. The van der Waals surface area contributed by atoms with Crippen molar-refractivity contribution in [2.75, 3.05) is 19.7 Å². The van der Waals surface area contributed by atoms with Gasteiger partial charge in [-0.1, -0.05) is 12.1 Å². The molecule has 3 heterocycles. The zero-order valence-corrected chi connectivity index (χ0v) is 12.9. The Morgan fingerprint density at radius 2 is 2.09 bits per heavy atom. The molecule has 0 amide bonds. The minimum atomic E-state index is -0.422. The number of hydrogen-bond donors (Lipinski definition) is 2. The Kier molecular flexibility index (Phi) is 3.53. The standard InChI is InChI=1S/C17H19N3O3/c21-16-13-4-7-20(10-14(13)18-17(22)19-16)6-3-11-1-2-15-12(9-11)5-8-23-15/h1-2,9H,3-8,10H2,(H2,18,19,21,22). The molecule has 2 N–H and O–H groups in total. The Hall–Kier alpha value is -2.34.